The summed E-state index contributed by atoms with van der Waals surface area (Å²) in [5.74, 6) is -0.536. The zero-order valence-corrected chi connectivity index (χ0v) is 16.3. The number of piperazine rings is 1. The van der Waals surface area contributed by atoms with Gasteiger partial charge < -0.3 is 21.3 Å². The Morgan fingerprint density at radius 1 is 1.15 bits per heavy atom. The lowest BCUT2D eigenvalue weighted by Crippen LogP contribution is -2.62. The van der Waals surface area contributed by atoms with Crippen LogP contribution in [0.5, 0.6) is 0 Å². The molecule has 0 aromatic rings. The molecule has 7 nitrogen and oxygen atoms in total. The number of hydrogen-bond donors (Lipinski definition) is 4. The Hall–Kier alpha value is -1.26. The second-order valence-corrected chi connectivity index (χ2v) is 6.83. The highest BCUT2D eigenvalue weighted by Crippen LogP contribution is 2.30. The maximum Gasteiger partial charge on any atom is 0.405 e. The summed E-state index contributed by atoms with van der Waals surface area (Å²) in [6.45, 7) is 3.18. The zero-order valence-electron chi connectivity index (χ0n) is 15.5. The summed E-state index contributed by atoms with van der Waals surface area (Å²) in [5, 5.41) is 10.7. The standard InChI is InChI=1S/C16H28F3N5O2.ClH/c1-2-21-14(26)23-15(5-3-4-6-15)13(25)22-11-12(16(17,18)19)24-9-7-20-8-10-24;/h12,20H,2-11H2,1H3,(H,22,25)(H2,21,23,26);1H. The van der Waals surface area contributed by atoms with Crippen LogP contribution in [0, 0.1) is 0 Å². The highest BCUT2D eigenvalue weighted by Gasteiger charge is 2.46. The average Bonchev–Trinajstić information content (AvgIpc) is 3.04. The van der Waals surface area contributed by atoms with Gasteiger partial charge in [-0.1, -0.05) is 12.8 Å². The van der Waals surface area contributed by atoms with Gasteiger partial charge in [0, 0.05) is 39.3 Å². The number of nitrogens with zero attached hydrogens (tertiary/aromatic N) is 1. The van der Waals surface area contributed by atoms with Gasteiger partial charge in [0.2, 0.25) is 5.91 Å². The highest BCUT2D eigenvalue weighted by molar-refractivity contribution is 5.91. The minimum atomic E-state index is -4.43. The molecule has 0 bridgehead atoms. The van der Waals surface area contributed by atoms with Crippen molar-refractivity contribution >= 4 is 24.3 Å². The molecule has 2 rings (SSSR count). The van der Waals surface area contributed by atoms with E-state index in [1.165, 1.54) is 4.90 Å². The van der Waals surface area contributed by atoms with Crippen LogP contribution >= 0.6 is 12.4 Å². The third kappa shape index (κ3) is 6.39. The topological polar surface area (TPSA) is 85.5 Å². The molecule has 1 aliphatic carbocycles. The van der Waals surface area contributed by atoms with Crippen LogP contribution in [-0.2, 0) is 4.79 Å². The van der Waals surface area contributed by atoms with E-state index in [-0.39, 0.29) is 25.5 Å². The summed E-state index contributed by atoms with van der Waals surface area (Å²) in [6, 6.07) is -2.20. The molecule has 11 heteroatoms. The van der Waals surface area contributed by atoms with E-state index in [4.69, 9.17) is 0 Å². The smallest absolute Gasteiger partial charge is 0.352 e. The summed E-state index contributed by atoms with van der Waals surface area (Å²) in [4.78, 5) is 25.9. The molecule has 3 amide bonds. The lowest BCUT2D eigenvalue weighted by Gasteiger charge is -2.37. The quantitative estimate of drug-likeness (QED) is 0.521. The molecule has 27 heavy (non-hydrogen) atoms. The predicted molar refractivity (Wildman–Crippen MR) is 98.0 cm³/mol. The van der Waals surface area contributed by atoms with Gasteiger partial charge in [-0.15, -0.1) is 12.4 Å². The van der Waals surface area contributed by atoms with Gasteiger partial charge >= 0.3 is 12.2 Å². The van der Waals surface area contributed by atoms with Crippen LogP contribution in [0.1, 0.15) is 32.6 Å². The number of urea groups is 1. The minimum Gasteiger partial charge on any atom is -0.352 e. The molecule has 1 aliphatic heterocycles. The van der Waals surface area contributed by atoms with E-state index in [9.17, 15) is 22.8 Å². The van der Waals surface area contributed by atoms with Crippen molar-refractivity contribution in [2.75, 3.05) is 39.3 Å². The van der Waals surface area contributed by atoms with Crippen LogP contribution < -0.4 is 21.3 Å². The summed E-state index contributed by atoms with van der Waals surface area (Å²) in [5.41, 5.74) is -1.13. The van der Waals surface area contributed by atoms with Crippen molar-refractivity contribution in [3.8, 4) is 0 Å². The number of carbonyl (C=O) groups excluding carboxylic acids is 2. The van der Waals surface area contributed by atoms with Gasteiger partial charge in [0.25, 0.3) is 0 Å². The highest BCUT2D eigenvalue weighted by atomic mass is 35.5. The van der Waals surface area contributed by atoms with Crippen molar-refractivity contribution in [1.82, 2.24) is 26.2 Å². The number of carbonyl (C=O) groups is 2. The monoisotopic (exact) mass is 415 g/mol. The fraction of sp³-hybridized carbons (Fsp3) is 0.875. The van der Waals surface area contributed by atoms with Crippen molar-refractivity contribution in [2.24, 2.45) is 0 Å². The van der Waals surface area contributed by atoms with Gasteiger partial charge in [-0.3, -0.25) is 9.69 Å². The van der Waals surface area contributed by atoms with E-state index in [2.05, 4.69) is 21.3 Å². The van der Waals surface area contributed by atoms with E-state index in [1.54, 1.807) is 6.92 Å². The summed E-state index contributed by atoms with van der Waals surface area (Å²) in [6.07, 6.45) is -2.07. The summed E-state index contributed by atoms with van der Waals surface area (Å²) in [7, 11) is 0. The molecule has 1 heterocycles. The molecule has 158 valence electrons. The van der Waals surface area contributed by atoms with Crippen LogP contribution in [0.15, 0.2) is 0 Å². The average molecular weight is 416 g/mol. The van der Waals surface area contributed by atoms with Gasteiger partial charge in [-0.25, -0.2) is 4.79 Å². The molecule has 1 unspecified atom stereocenters. The van der Waals surface area contributed by atoms with Crippen LogP contribution in [0.4, 0.5) is 18.0 Å². The summed E-state index contributed by atoms with van der Waals surface area (Å²) >= 11 is 0. The van der Waals surface area contributed by atoms with Crippen molar-refractivity contribution in [3.63, 3.8) is 0 Å². The number of halogens is 4. The first-order chi connectivity index (χ1) is 12.3. The largest absolute Gasteiger partial charge is 0.405 e. The van der Waals surface area contributed by atoms with Gasteiger partial charge in [-0.05, 0) is 19.8 Å². The summed E-state index contributed by atoms with van der Waals surface area (Å²) < 4.78 is 40.3. The molecule has 2 fully saturated rings. The van der Waals surface area contributed by atoms with E-state index >= 15 is 0 Å². The molecular formula is C16H29ClF3N5O2. The van der Waals surface area contributed by atoms with Gasteiger partial charge in [0.1, 0.15) is 11.6 Å². The normalized spacial score (nSPS) is 21.0. The maximum absolute atomic E-state index is 13.4. The molecular weight excluding hydrogens is 387 g/mol. The van der Waals surface area contributed by atoms with Crippen LogP contribution in [0.3, 0.4) is 0 Å². The molecule has 1 saturated carbocycles. The number of alkyl halides is 3. The molecule has 0 spiro atoms. The zero-order chi connectivity index (χ0) is 19.2. The predicted octanol–water partition coefficient (Wildman–Crippen LogP) is 0.992. The first-order valence-corrected chi connectivity index (χ1v) is 9.14. The van der Waals surface area contributed by atoms with Crippen molar-refractivity contribution in [1.29, 1.82) is 0 Å². The van der Waals surface area contributed by atoms with E-state index in [1.807, 2.05) is 0 Å². The second-order valence-electron chi connectivity index (χ2n) is 6.83. The van der Waals surface area contributed by atoms with E-state index < -0.39 is 36.2 Å². The van der Waals surface area contributed by atoms with Gasteiger partial charge in [0.05, 0.1) is 0 Å². The molecule has 2 aliphatic rings. The Kier molecular flexibility index (Phi) is 9.10. The Morgan fingerprint density at radius 3 is 2.26 bits per heavy atom. The molecule has 4 N–H and O–H groups in total. The molecule has 0 radical (unpaired) electrons. The van der Waals surface area contributed by atoms with E-state index in [0.29, 0.717) is 32.5 Å². The molecule has 0 aromatic carbocycles. The third-order valence-electron chi connectivity index (χ3n) is 5.01. The first-order valence-electron chi connectivity index (χ1n) is 9.14. The lowest BCUT2D eigenvalue weighted by atomic mass is 9.96. The Labute approximate surface area is 163 Å². The Bertz CT molecular complexity index is 495. The lowest BCUT2D eigenvalue weighted by molar-refractivity contribution is -0.184. The fourth-order valence-corrected chi connectivity index (χ4v) is 3.61. The number of amides is 3. The number of rotatable bonds is 6. The molecule has 1 saturated heterocycles. The van der Waals surface area contributed by atoms with Gasteiger partial charge in [-0.2, -0.15) is 13.2 Å². The number of nitrogens with one attached hydrogen (secondary N) is 4. The van der Waals surface area contributed by atoms with Crippen LogP contribution in [0.25, 0.3) is 0 Å². The van der Waals surface area contributed by atoms with E-state index in [0.717, 1.165) is 12.8 Å². The van der Waals surface area contributed by atoms with Gasteiger partial charge in [0.15, 0.2) is 0 Å². The third-order valence-corrected chi connectivity index (χ3v) is 5.01. The second kappa shape index (κ2) is 10.3. The van der Waals surface area contributed by atoms with Crippen molar-refractivity contribution in [2.45, 2.75) is 50.4 Å². The fourth-order valence-electron chi connectivity index (χ4n) is 3.61. The molecule has 0 aromatic heterocycles. The number of hydrogen-bond acceptors (Lipinski definition) is 4. The van der Waals surface area contributed by atoms with Crippen molar-refractivity contribution < 1.29 is 22.8 Å². The van der Waals surface area contributed by atoms with Crippen molar-refractivity contribution in [3.05, 3.63) is 0 Å². The minimum absolute atomic E-state index is 0. The SMILES string of the molecule is CCNC(=O)NC1(C(=O)NCC(N2CCNCC2)C(F)(F)F)CCCC1.Cl. The Morgan fingerprint density at radius 2 is 1.74 bits per heavy atom. The molecule has 1 atom stereocenters. The van der Waals surface area contributed by atoms with Crippen LogP contribution in [0.2, 0.25) is 0 Å². The maximum atomic E-state index is 13.4. The first kappa shape index (κ1) is 23.8. The van der Waals surface area contributed by atoms with Crippen LogP contribution in [-0.4, -0.2) is 73.9 Å². The Balaban J connectivity index is 0.00000364.